The molecule has 0 aromatic heterocycles. The van der Waals surface area contributed by atoms with E-state index in [1.165, 1.54) is 0 Å². The van der Waals surface area contributed by atoms with Gasteiger partial charge in [-0.05, 0) is 18.1 Å². The maximum atomic E-state index is 9.72. The number of rotatable bonds is 11. The molecule has 0 saturated carbocycles. The summed E-state index contributed by atoms with van der Waals surface area (Å²) in [6.07, 6.45) is -0.530. The topological polar surface area (TPSA) is 71.0 Å². The number of benzene rings is 1. The molecule has 20 heavy (non-hydrogen) atoms. The molecular formula is C15H25NO4. The van der Waals surface area contributed by atoms with Crippen LogP contribution in [-0.4, -0.2) is 49.3 Å². The van der Waals surface area contributed by atoms with Crippen molar-refractivity contribution in [2.24, 2.45) is 0 Å². The van der Waals surface area contributed by atoms with Crippen LogP contribution in [0.5, 0.6) is 0 Å². The molecule has 1 aromatic rings. The monoisotopic (exact) mass is 283 g/mol. The molecule has 3 N–H and O–H groups in total. The van der Waals surface area contributed by atoms with E-state index in [4.69, 9.17) is 14.6 Å². The lowest BCUT2D eigenvalue weighted by Crippen LogP contribution is -2.30. The highest BCUT2D eigenvalue weighted by Gasteiger charge is 2.04. The predicted octanol–water partition coefficient (Wildman–Crippen LogP) is 0.682. The van der Waals surface area contributed by atoms with Gasteiger partial charge in [-0.3, -0.25) is 0 Å². The van der Waals surface area contributed by atoms with Crippen LogP contribution in [0.25, 0.3) is 0 Å². The summed E-state index contributed by atoms with van der Waals surface area (Å²) >= 11 is 0. The number of nitrogens with one attached hydrogen (secondary N) is 1. The maximum Gasteiger partial charge on any atom is 0.0897 e. The predicted molar refractivity (Wildman–Crippen MR) is 77.4 cm³/mol. The molecule has 1 unspecified atom stereocenters. The first-order valence-corrected chi connectivity index (χ1v) is 6.99. The van der Waals surface area contributed by atoms with Gasteiger partial charge in [-0.15, -0.1) is 0 Å². The van der Waals surface area contributed by atoms with Crippen LogP contribution in [0, 0.1) is 0 Å². The van der Waals surface area contributed by atoms with Crippen molar-refractivity contribution in [3.05, 3.63) is 35.4 Å². The standard InChI is InChI=1S/C15H25NO4/c1-2-19-6-7-20-12-15(18)10-16-9-13-4-3-5-14(8-13)11-17/h3-5,8,15-18H,2,6-7,9-12H2,1H3. The Morgan fingerprint density at radius 2 is 1.95 bits per heavy atom. The van der Waals surface area contributed by atoms with Crippen LogP contribution in [0.15, 0.2) is 24.3 Å². The number of aliphatic hydroxyl groups excluding tert-OH is 2. The zero-order valence-electron chi connectivity index (χ0n) is 12.0. The molecule has 0 aliphatic rings. The Bertz CT molecular complexity index is 359. The van der Waals surface area contributed by atoms with Gasteiger partial charge in [0.15, 0.2) is 0 Å². The Balaban J connectivity index is 2.10. The summed E-state index contributed by atoms with van der Waals surface area (Å²) in [5.74, 6) is 0. The van der Waals surface area contributed by atoms with Crippen molar-refractivity contribution in [1.82, 2.24) is 5.32 Å². The highest BCUT2D eigenvalue weighted by Crippen LogP contribution is 2.04. The van der Waals surface area contributed by atoms with Crippen molar-refractivity contribution in [2.45, 2.75) is 26.2 Å². The lowest BCUT2D eigenvalue weighted by molar-refractivity contribution is 0.00642. The van der Waals surface area contributed by atoms with Crippen LogP contribution >= 0.6 is 0 Å². The van der Waals surface area contributed by atoms with Crippen molar-refractivity contribution in [3.63, 3.8) is 0 Å². The lowest BCUT2D eigenvalue weighted by Gasteiger charge is -2.12. The Morgan fingerprint density at radius 1 is 1.20 bits per heavy atom. The Morgan fingerprint density at radius 3 is 2.70 bits per heavy atom. The highest BCUT2D eigenvalue weighted by molar-refractivity contribution is 5.22. The molecule has 0 aliphatic carbocycles. The van der Waals surface area contributed by atoms with E-state index in [0.29, 0.717) is 39.5 Å². The Labute approximate surface area is 120 Å². The fourth-order valence-electron chi connectivity index (χ4n) is 1.76. The molecule has 0 fully saturated rings. The smallest absolute Gasteiger partial charge is 0.0897 e. The summed E-state index contributed by atoms with van der Waals surface area (Å²) in [5.41, 5.74) is 1.98. The second-order valence-electron chi connectivity index (χ2n) is 4.53. The highest BCUT2D eigenvalue weighted by atomic mass is 16.5. The van der Waals surface area contributed by atoms with E-state index >= 15 is 0 Å². The van der Waals surface area contributed by atoms with E-state index in [1.807, 2.05) is 31.2 Å². The Hall–Kier alpha value is -0.980. The largest absolute Gasteiger partial charge is 0.392 e. The average Bonchev–Trinajstić information content (AvgIpc) is 2.47. The Kier molecular flexibility index (Phi) is 9.19. The van der Waals surface area contributed by atoms with Crippen molar-refractivity contribution < 1.29 is 19.7 Å². The van der Waals surface area contributed by atoms with Gasteiger partial charge >= 0.3 is 0 Å². The van der Waals surface area contributed by atoms with E-state index in [-0.39, 0.29) is 6.61 Å². The average molecular weight is 283 g/mol. The SMILES string of the molecule is CCOCCOCC(O)CNCc1cccc(CO)c1. The fourth-order valence-corrected chi connectivity index (χ4v) is 1.76. The summed E-state index contributed by atoms with van der Waals surface area (Å²) in [6.45, 7) is 5.15. The van der Waals surface area contributed by atoms with Gasteiger partial charge in [-0.25, -0.2) is 0 Å². The summed E-state index contributed by atoms with van der Waals surface area (Å²) < 4.78 is 10.4. The van der Waals surface area contributed by atoms with Crippen molar-refractivity contribution >= 4 is 0 Å². The molecule has 114 valence electrons. The maximum absolute atomic E-state index is 9.72. The second kappa shape index (κ2) is 10.8. The zero-order valence-corrected chi connectivity index (χ0v) is 12.0. The number of aliphatic hydroxyl groups is 2. The minimum Gasteiger partial charge on any atom is -0.392 e. The van der Waals surface area contributed by atoms with Gasteiger partial charge < -0.3 is 25.0 Å². The fraction of sp³-hybridized carbons (Fsp3) is 0.600. The third kappa shape index (κ3) is 7.57. The van der Waals surface area contributed by atoms with E-state index in [1.54, 1.807) is 0 Å². The second-order valence-corrected chi connectivity index (χ2v) is 4.53. The normalized spacial score (nSPS) is 12.6. The molecule has 0 saturated heterocycles. The zero-order chi connectivity index (χ0) is 14.6. The van der Waals surface area contributed by atoms with E-state index in [2.05, 4.69) is 5.32 Å². The van der Waals surface area contributed by atoms with Crippen LogP contribution in [0.3, 0.4) is 0 Å². The molecule has 5 heteroatoms. The molecule has 1 atom stereocenters. The van der Waals surface area contributed by atoms with Crippen molar-refractivity contribution in [2.75, 3.05) is 33.0 Å². The summed E-state index contributed by atoms with van der Waals surface area (Å²) in [7, 11) is 0. The minimum atomic E-state index is -0.530. The first kappa shape index (κ1) is 17.1. The van der Waals surface area contributed by atoms with Crippen LogP contribution in [-0.2, 0) is 22.6 Å². The van der Waals surface area contributed by atoms with Gasteiger partial charge in [0.25, 0.3) is 0 Å². The van der Waals surface area contributed by atoms with E-state index < -0.39 is 6.10 Å². The molecule has 1 rings (SSSR count). The summed E-state index contributed by atoms with van der Waals surface area (Å²) in [5, 5.41) is 21.9. The lowest BCUT2D eigenvalue weighted by atomic mass is 10.1. The molecule has 0 amide bonds. The van der Waals surface area contributed by atoms with Gasteiger partial charge in [0.05, 0.1) is 32.5 Å². The van der Waals surface area contributed by atoms with Gasteiger partial charge in [0.2, 0.25) is 0 Å². The number of hydrogen-bond acceptors (Lipinski definition) is 5. The van der Waals surface area contributed by atoms with E-state index in [9.17, 15) is 5.11 Å². The van der Waals surface area contributed by atoms with Crippen LogP contribution in [0.1, 0.15) is 18.1 Å². The molecule has 0 aliphatic heterocycles. The molecule has 0 radical (unpaired) electrons. The first-order valence-electron chi connectivity index (χ1n) is 6.99. The molecule has 0 spiro atoms. The quantitative estimate of drug-likeness (QED) is 0.521. The molecular weight excluding hydrogens is 258 g/mol. The number of hydrogen-bond donors (Lipinski definition) is 3. The third-order valence-corrected chi connectivity index (χ3v) is 2.77. The molecule has 0 bridgehead atoms. The van der Waals surface area contributed by atoms with Gasteiger partial charge in [-0.2, -0.15) is 0 Å². The van der Waals surface area contributed by atoms with Crippen molar-refractivity contribution in [1.29, 1.82) is 0 Å². The molecule has 1 aromatic carbocycles. The first-order chi connectivity index (χ1) is 9.76. The van der Waals surface area contributed by atoms with Crippen molar-refractivity contribution in [3.8, 4) is 0 Å². The molecule has 0 heterocycles. The number of ether oxygens (including phenoxy) is 2. The minimum absolute atomic E-state index is 0.0458. The third-order valence-electron chi connectivity index (χ3n) is 2.77. The van der Waals surface area contributed by atoms with Gasteiger partial charge in [0.1, 0.15) is 0 Å². The molecule has 5 nitrogen and oxygen atoms in total. The van der Waals surface area contributed by atoms with Gasteiger partial charge in [-0.1, -0.05) is 24.3 Å². The summed E-state index contributed by atoms with van der Waals surface area (Å²) in [6, 6.07) is 7.72. The summed E-state index contributed by atoms with van der Waals surface area (Å²) in [4.78, 5) is 0. The van der Waals surface area contributed by atoms with Crippen LogP contribution in [0.4, 0.5) is 0 Å². The van der Waals surface area contributed by atoms with Crippen LogP contribution in [0.2, 0.25) is 0 Å². The van der Waals surface area contributed by atoms with Crippen LogP contribution < -0.4 is 5.32 Å². The van der Waals surface area contributed by atoms with Gasteiger partial charge in [0, 0.05) is 19.7 Å². The van der Waals surface area contributed by atoms with E-state index in [0.717, 1.165) is 11.1 Å².